The number of benzene rings is 2. The molecule has 0 saturated heterocycles. The fourth-order valence-corrected chi connectivity index (χ4v) is 5.62. The number of carboxylic acid groups (broad SMARTS) is 1. The van der Waals surface area contributed by atoms with Crippen LogP contribution in [0.2, 0.25) is 0 Å². The third kappa shape index (κ3) is 4.29. The largest absolute Gasteiger partial charge is 0.478 e. The minimum atomic E-state index is -0.865. The van der Waals surface area contributed by atoms with Crippen molar-refractivity contribution in [3.63, 3.8) is 0 Å². The Kier molecular flexibility index (Phi) is 6.21. The highest BCUT2D eigenvalue weighted by Crippen LogP contribution is 2.37. The summed E-state index contributed by atoms with van der Waals surface area (Å²) >= 11 is 0. The molecule has 1 aliphatic rings. The van der Waals surface area contributed by atoms with Crippen LogP contribution < -0.4 is 0 Å². The number of unbranched alkanes of at least 4 members (excludes halogenated alkanes) is 3. The van der Waals surface area contributed by atoms with Crippen LogP contribution in [0.5, 0.6) is 0 Å². The predicted octanol–water partition coefficient (Wildman–Crippen LogP) is 6.99. The smallest absolute Gasteiger partial charge is 0.337 e. The van der Waals surface area contributed by atoms with Crippen LogP contribution in [0.3, 0.4) is 0 Å². The molecule has 0 aliphatic heterocycles. The van der Waals surface area contributed by atoms with Gasteiger partial charge in [-0.25, -0.2) is 9.78 Å². The Bertz CT molecular complexity index is 1280. The number of nitrogens with zero attached hydrogens (tertiary/aromatic N) is 2. The summed E-state index contributed by atoms with van der Waals surface area (Å²) in [6, 6.07) is 11.8. The van der Waals surface area contributed by atoms with Gasteiger partial charge >= 0.3 is 5.97 Å². The molecule has 4 aromatic rings. The lowest BCUT2D eigenvalue weighted by atomic mass is 9.93. The second kappa shape index (κ2) is 9.42. The summed E-state index contributed by atoms with van der Waals surface area (Å²) in [5.41, 5.74) is 6.64. The first-order valence-electron chi connectivity index (χ1n) is 12.3. The number of hydrogen-bond acceptors (Lipinski definition) is 3. The summed E-state index contributed by atoms with van der Waals surface area (Å²) in [6.07, 6.45) is 12.4. The molecule has 1 unspecified atom stereocenters. The van der Waals surface area contributed by atoms with E-state index in [0.717, 1.165) is 40.4 Å². The Labute approximate surface area is 194 Å². The molecular formula is C28H32N2O3. The number of rotatable bonds is 8. The predicted molar refractivity (Wildman–Crippen MR) is 131 cm³/mol. The molecule has 0 spiro atoms. The molecule has 1 aliphatic carbocycles. The van der Waals surface area contributed by atoms with E-state index >= 15 is 0 Å². The topological polar surface area (TPSA) is 68.3 Å². The molecule has 0 amide bonds. The van der Waals surface area contributed by atoms with Gasteiger partial charge in [0.15, 0.2) is 12.0 Å². The molecule has 5 rings (SSSR count). The van der Waals surface area contributed by atoms with Crippen molar-refractivity contribution in [2.24, 2.45) is 5.92 Å². The first-order chi connectivity index (χ1) is 16.2. The zero-order valence-electron chi connectivity index (χ0n) is 19.3. The van der Waals surface area contributed by atoms with E-state index in [0.29, 0.717) is 18.0 Å². The highest BCUT2D eigenvalue weighted by Gasteiger charge is 2.26. The Balaban J connectivity index is 1.58. The van der Waals surface area contributed by atoms with Crippen molar-refractivity contribution in [3.05, 3.63) is 65.2 Å². The molecule has 2 aromatic carbocycles. The Morgan fingerprint density at radius 1 is 1.21 bits per heavy atom. The summed E-state index contributed by atoms with van der Waals surface area (Å²) < 4.78 is 7.81. The summed E-state index contributed by atoms with van der Waals surface area (Å²) in [5.74, 6) is -0.201. The first-order valence-corrected chi connectivity index (χ1v) is 12.3. The van der Waals surface area contributed by atoms with Gasteiger partial charge in [0.1, 0.15) is 5.52 Å². The van der Waals surface area contributed by atoms with Crippen LogP contribution in [0.4, 0.5) is 0 Å². The molecule has 5 nitrogen and oxygen atoms in total. The molecule has 1 atom stereocenters. The van der Waals surface area contributed by atoms with Crippen LogP contribution in [-0.4, -0.2) is 20.6 Å². The van der Waals surface area contributed by atoms with E-state index in [2.05, 4.69) is 28.6 Å². The van der Waals surface area contributed by atoms with E-state index in [1.54, 1.807) is 6.07 Å². The Morgan fingerprint density at radius 2 is 2.12 bits per heavy atom. The minimum Gasteiger partial charge on any atom is -0.478 e. The maximum Gasteiger partial charge on any atom is 0.337 e. The maximum absolute atomic E-state index is 12.2. The van der Waals surface area contributed by atoms with Gasteiger partial charge in [-0.15, -0.1) is 0 Å². The third-order valence-corrected chi connectivity index (χ3v) is 7.26. The quantitative estimate of drug-likeness (QED) is 0.235. The van der Waals surface area contributed by atoms with Gasteiger partial charge in [0.05, 0.1) is 11.1 Å². The summed E-state index contributed by atoms with van der Waals surface area (Å²) in [7, 11) is 0. The zero-order valence-corrected chi connectivity index (χ0v) is 19.3. The fourth-order valence-electron chi connectivity index (χ4n) is 5.62. The number of aromatic carboxylic acids is 1. The van der Waals surface area contributed by atoms with E-state index in [4.69, 9.17) is 4.42 Å². The van der Waals surface area contributed by atoms with Crippen LogP contribution in [0.25, 0.3) is 22.0 Å². The number of fused-ring (bicyclic) bond motifs is 4. The zero-order chi connectivity index (χ0) is 22.8. The molecule has 2 aromatic heterocycles. The molecule has 0 radical (unpaired) electrons. The van der Waals surface area contributed by atoms with E-state index in [9.17, 15) is 9.90 Å². The van der Waals surface area contributed by atoms with Gasteiger partial charge in [-0.3, -0.25) is 0 Å². The van der Waals surface area contributed by atoms with Crippen LogP contribution in [-0.2, 0) is 19.4 Å². The molecule has 2 heterocycles. The standard InChI is InChI=1S/C28H32N2O3/c1-2-3-4-5-8-19-9-6-10-21-22-11-7-12-23(28(31)32)27(22)30(25(21)15-19)17-20-13-14-24-26(16-20)33-18-29-24/h7,11-14,16,18-19H,2-6,8-10,15,17H2,1H3,(H,31,32). The molecule has 5 heteroatoms. The number of oxazole rings is 1. The van der Waals surface area contributed by atoms with Gasteiger partial charge in [-0.2, -0.15) is 0 Å². The lowest BCUT2D eigenvalue weighted by molar-refractivity contribution is 0.0698. The lowest BCUT2D eigenvalue weighted by Crippen LogP contribution is -2.12. The normalized spacial score (nSPS) is 16.2. The summed E-state index contributed by atoms with van der Waals surface area (Å²) in [6.45, 7) is 2.89. The van der Waals surface area contributed by atoms with Gasteiger partial charge < -0.3 is 14.1 Å². The van der Waals surface area contributed by atoms with Crippen LogP contribution >= 0.6 is 0 Å². The average Bonchev–Trinajstić information content (AvgIpc) is 3.32. The molecule has 0 saturated carbocycles. The summed E-state index contributed by atoms with van der Waals surface area (Å²) in [5, 5.41) is 11.1. The SMILES string of the molecule is CCCCCCC1CCCc2c(n(Cc3ccc4ncoc4c3)c3c(C(=O)O)cccc23)C1. The Hall–Kier alpha value is -3.08. The number of carbonyl (C=O) groups is 1. The van der Waals surface area contributed by atoms with Crippen molar-refractivity contribution in [2.75, 3.05) is 0 Å². The van der Waals surface area contributed by atoms with Crippen LogP contribution in [0.1, 0.15) is 79.0 Å². The van der Waals surface area contributed by atoms with Crippen molar-refractivity contribution >= 4 is 28.0 Å². The van der Waals surface area contributed by atoms with Crippen molar-refractivity contribution in [1.82, 2.24) is 9.55 Å². The van der Waals surface area contributed by atoms with Gasteiger partial charge in [-0.1, -0.05) is 57.2 Å². The van der Waals surface area contributed by atoms with Gasteiger partial charge in [-0.05, 0) is 60.9 Å². The number of carboxylic acids is 1. The van der Waals surface area contributed by atoms with Crippen LogP contribution in [0, 0.1) is 5.92 Å². The van der Waals surface area contributed by atoms with E-state index in [1.165, 1.54) is 62.6 Å². The van der Waals surface area contributed by atoms with Gasteiger partial charge in [0, 0.05) is 17.6 Å². The van der Waals surface area contributed by atoms with E-state index in [-0.39, 0.29) is 0 Å². The molecule has 33 heavy (non-hydrogen) atoms. The molecule has 172 valence electrons. The molecule has 1 N–H and O–H groups in total. The third-order valence-electron chi connectivity index (χ3n) is 7.26. The molecular weight excluding hydrogens is 412 g/mol. The highest BCUT2D eigenvalue weighted by atomic mass is 16.4. The Morgan fingerprint density at radius 3 is 2.97 bits per heavy atom. The number of para-hydroxylation sites is 1. The van der Waals surface area contributed by atoms with Crippen molar-refractivity contribution < 1.29 is 14.3 Å². The molecule has 0 bridgehead atoms. The van der Waals surface area contributed by atoms with Gasteiger partial charge in [0.2, 0.25) is 0 Å². The van der Waals surface area contributed by atoms with E-state index < -0.39 is 5.97 Å². The number of hydrogen-bond donors (Lipinski definition) is 1. The maximum atomic E-state index is 12.2. The van der Waals surface area contributed by atoms with Crippen molar-refractivity contribution in [3.8, 4) is 0 Å². The second-order valence-corrected chi connectivity index (χ2v) is 9.48. The fraction of sp³-hybridized carbons (Fsp3) is 0.429. The van der Waals surface area contributed by atoms with Crippen molar-refractivity contribution in [1.29, 1.82) is 0 Å². The number of aryl methyl sites for hydroxylation is 1. The average molecular weight is 445 g/mol. The lowest BCUT2D eigenvalue weighted by Gasteiger charge is -2.18. The minimum absolute atomic E-state index is 0.390. The molecule has 0 fully saturated rings. The number of aromatic nitrogens is 2. The van der Waals surface area contributed by atoms with Crippen LogP contribution in [0.15, 0.2) is 47.2 Å². The monoisotopic (exact) mass is 444 g/mol. The second-order valence-electron chi connectivity index (χ2n) is 9.48. The van der Waals surface area contributed by atoms with Gasteiger partial charge in [0.25, 0.3) is 0 Å². The highest BCUT2D eigenvalue weighted by molar-refractivity contribution is 6.04. The van der Waals surface area contributed by atoms with Crippen molar-refractivity contribution in [2.45, 2.75) is 71.3 Å². The van der Waals surface area contributed by atoms with E-state index in [1.807, 2.05) is 18.2 Å². The first kappa shape index (κ1) is 21.7. The summed E-state index contributed by atoms with van der Waals surface area (Å²) in [4.78, 5) is 16.4.